The minimum atomic E-state index is -0.407. The summed E-state index contributed by atoms with van der Waals surface area (Å²) < 4.78 is 23.9. The molecule has 8 heteroatoms. The first-order valence-corrected chi connectivity index (χ1v) is 9.03. The van der Waals surface area contributed by atoms with Crippen LogP contribution in [0.15, 0.2) is 49.1 Å². The fraction of sp³-hybridized carbons (Fsp3) is 0.190. The van der Waals surface area contributed by atoms with Crippen molar-refractivity contribution in [3.05, 3.63) is 71.6 Å². The maximum atomic E-state index is 13.4. The van der Waals surface area contributed by atoms with Crippen LogP contribution in [0.2, 0.25) is 0 Å². The standard InChI is InChI=1S/C21H20FN5O2/c1-28-17-7-18-14(9-25-20(18)26-12-17)5-13-3-4-19(23-8-13)24-10-15-6-16(22)11-27-21(15)29-2/h3-4,6-9,11-12H,5,10H2,1-2H3,(H,23,24)(H,25,26). The lowest BCUT2D eigenvalue weighted by molar-refractivity contribution is 0.391. The van der Waals surface area contributed by atoms with Gasteiger partial charge >= 0.3 is 0 Å². The largest absolute Gasteiger partial charge is 0.495 e. The van der Waals surface area contributed by atoms with Crippen LogP contribution >= 0.6 is 0 Å². The van der Waals surface area contributed by atoms with E-state index in [0.29, 0.717) is 30.2 Å². The average molecular weight is 393 g/mol. The molecule has 0 aromatic carbocycles. The number of nitrogens with zero attached hydrogens (tertiary/aromatic N) is 3. The Morgan fingerprint density at radius 3 is 2.66 bits per heavy atom. The number of anilines is 1. The highest BCUT2D eigenvalue weighted by atomic mass is 19.1. The van der Waals surface area contributed by atoms with Crippen LogP contribution in [0.25, 0.3) is 11.0 Å². The molecule has 4 rings (SSSR count). The van der Waals surface area contributed by atoms with Crippen molar-refractivity contribution in [2.75, 3.05) is 19.5 Å². The molecule has 148 valence electrons. The number of nitrogens with one attached hydrogen (secondary N) is 2. The molecule has 0 atom stereocenters. The number of halogens is 1. The van der Waals surface area contributed by atoms with Crippen LogP contribution in [-0.4, -0.2) is 34.2 Å². The summed E-state index contributed by atoms with van der Waals surface area (Å²) in [6, 6.07) is 7.26. The normalized spacial score (nSPS) is 10.9. The second kappa shape index (κ2) is 8.14. The Balaban J connectivity index is 1.45. The van der Waals surface area contributed by atoms with Gasteiger partial charge in [0.1, 0.15) is 23.0 Å². The number of aromatic nitrogens is 4. The van der Waals surface area contributed by atoms with Gasteiger partial charge in [0, 0.05) is 36.3 Å². The van der Waals surface area contributed by atoms with Crippen molar-refractivity contribution in [2.45, 2.75) is 13.0 Å². The van der Waals surface area contributed by atoms with Crippen molar-refractivity contribution in [3.63, 3.8) is 0 Å². The summed E-state index contributed by atoms with van der Waals surface area (Å²) in [6.45, 7) is 0.355. The molecule has 0 aliphatic carbocycles. The first-order valence-electron chi connectivity index (χ1n) is 9.03. The highest BCUT2D eigenvalue weighted by molar-refractivity contribution is 5.81. The molecule has 0 aliphatic rings. The zero-order valence-electron chi connectivity index (χ0n) is 16.1. The van der Waals surface area contributed by atoms with Gasteiger partial charge in [-0.3, -0.25) is 0 Å². The highest BCUT2D eigenvalue weighted by Gasteiger charge is 2.09. The number of hydrogen-bond acceptors (Lipinski definition) is 6. The zero-order valence-corrected chi connectivity index (χ0v) is 16.1. The van der Waals surface area contributed by atoms with Crippen molar-refractivity contribution < 1.29 is 13.9 Å². The molecular formula is C21H20FN5O2. The van der Waals surface area contributed by atoms with E-state index < -0.39 is 5.82 Å². The van der Waals surface area contributed by atoms with Gasteiger partial charge in [-0.15, -0.1) is 0 Å². The highest BCUT2D eigenvalue weighted by Crippen LogP contribution is 2.24. The third-order valence-corrected chi connectivity index (χ3v) is 4.59. The third kappa shape index (κ3) is 4.11. The van der Waals surface area contributed by atoms with Crippen molar-refractivity contribution >= 4 is 16.9 Å². The summed E-state index contributed by atoms with van der Waals surface area (Å²) in [5, 5.41) is 4.19. The minimum Gasteiger partial charge on any atom is -0.495 e. The minimum absolute atomic E-state index is 0.355. The van der Waals surface area contributed by atoms with Gasteiger partial charge in [-0.05, 0) is 29.3 Å². The lowest BCUT2D eigenvalue weighted by Crippen LogP contribution is -2.05. The second-order valence-corrected chi connectivity index (χ2v) is 6.49. The van der Waals surface area contributed by atoms with E-state index in [2.05, 4.69) is 25.3 Å². The first kappa shape index (κ1) is 18.7. The topological polar surface area (TPSA) is 85.0 Å². The van der Waals surface area contributed by atoms with Crippen LogP contribution in [0, 0.1) is 5.82 Å². The van der Waals surface area contributed by atoms with Gasteiger partial charge in [0.25, 0.3) is 0 Å². The fourth-order valence-corrected chi connectivity index (χ4v) is 3.11. The third-order valence-electron chi connectivity index (χ3n) is 4.59. The maximum Gasteiger partial charge on any atom is 0.218 e. The van der Waals surface area contributed by atoms with Gasteiger partial charge in [-0.25, -0.2) is 19.3 Å². The second-order valence-electron chi connectivity index (χ2n) is 6.49. The van der Waals surface area contributed by atoms with E-state index in [1.165, 1.54) is 13.2 Å². The van der Waals surface area contributed by atoms with E-state index in [9.17, 15) is 4.39 Å². The lowest BCUT2D eigenvalue weighted by Gasteiger charge is -2.10. The summed E-state index contributed by atoms with van der Waals surface area (Å²) in [5.41, 5.74) is 3.62. The number of aromatic amines is 1. The van der Waals surface area contributed by atoms with Crippen molar-refractivity contribution in [2.24, 2.45) is 0 Å². The van der Waals surface area contributed by atoms with Crippen molar-refractivity contribution in [1.29, 1.82) is 0 Å². The Labute approximate surface area is 166 Å². The molecule has 7 nitrogen and oxygen atoms in total. The SMILES string of the molecule is COc1cnc2[nH]cc(Cc3ccc(NCc4cc(F)cnc4OC)nc3)c2c1. The molecule has 0 radical (unpaired) electrons. The summed E-state index contributed by atoms with van der Waals surface area (Å²) in [4.78, 5) is 15.9. The van der Waals surface area contributed by atoms with Crippen LogP contribution in [0.3, 0.4) is 0 Å². The van der Waals surface area contributed by atoms with Crippen LogP contribution in [0.1, 0.15) is 16.7 Å². The van der Waals surface area contributed by atoms with Crippen molar-refractivity contribution in [3.8, 4) is 11.6 Å². The quantitative estimate of drug-likeness (QED) is 0.498. The van der Waals surface area contributed by atoms with Gasteiger partial charge in [0.15, 0.2) is 0 Å². The fourth-order valence-electron chi connectivity index (χ4n) is 3.11. The Morgan fingerprint density at radius 1 is 1.00 bits per heavy atom. The molecule has 0 fully saturated rings. The molecule has 29 heavy (non-hydrogen) atoms. The van der Waals surface area contributed by atoms with Gasteiger partial charge < -0.3 is 19.8 Å². The Hall–Kier alpha value is -3.68. The van der Waals surface area contributed by atoms with Crippen LogP contribution < -0.4 is 14.8 Å². The molecule has 4 aromatic heterocycles. The van der Waals surface area contributed by atoms with E-state index in [1.807, 2.05) is 30.6 Å². The number of hydrogen-bond donors (Lipinski definition) is 2. The molecule has 0 unspecified atom stereocenters. The molecule has 0 spiro atoms. The number of methoxy groups -OCH3 is 2. The average Bonchev–Trinajstić information content (AvgIpc) is 3.15. The molecule has 4 heterocycles. The van der Waals surface area contributed by atoms with Gasteiger partial charge in [-0.1, -0.05) is 6.07 Å². The summed E-state index contributed by atoms with van der Waals surface area (Å²) in [7, 11) is 3.13. The molecule has 2 N–H and O–H groups in total. The Bertz CT molecular complexity index is 1130. The molecule has 0 amide bonds. The van der Waals surface area contributed by atoms with Gasteiger partial charge in [0.2, 0.25) is 5.88 Å². The van der Waals surface area contributed by atoms with Gasteiger partial charge in [-0.2, -0.15) is 0 Å². The molecule has 0 saturated carbocycles. The van der Waals surface area contributed by atoms with Crippen LogP contribution in [0.4, 0.5) is 10.2 Å². The lowest BCUT2D eigenvalue weighted by atomic mass is 10.1. The van der Waals surface area contributed by atoms with E-state index in [4.69, 9.17) is 9.47 Å². The van der Waals surface area contributed by atoms with E-state index in [0.717, 1.165) is 34.1 Å². The Kier molecular flexibility index (Phi) is 5.24. The zero-order chi connectivity index (χ0) is 20.2. The summed E-state index contributed by atoms with van der Waals surface area (Å²) >= 11 is 0. The van der Waals surface area contributed by atoms with Crippen molar-refractivity contribution in [1.82, 2.24) is 19.9 Å². The number of rotatable bonds is 7. The predicted octanol–water partition coefficient (Wildman–Crippen LogP) is 3.71. The maximum absolute atomic E-state index is 13.4. The number of fused-ring (bicyclic) bond motifs is 1. The monoisotopic (exact) mass is 393 g/mol. The smallest absolute Gasteiger partial charge is 0.218 e. The van der Waals surface area contributed by atoms with E-state index in [1.54, 1.807) is 13.3 Å². The number of ether oxygens (including phenoxy) is 2. The summed E-state index contributed by atoms with van der Waals surface area (Å²) in [6.07, 6.45) is 7.30. The molecular weight excluding hydrogens is 373 g/mol. The van der Waals surface area contributed by atoms with Gasteiger partial charge in [0.05, 0.1) is 26.6 Å². The van der Waals surface area contributed by atoms with Crippen LogP contribution in [0.5, 0.6) is 11.6 Å². The molecule has 0 saturated heterocycles. The number of pyridine rings is 3. The molecule has 0 aliphatic heterocycles. The molecule has 0 bridgehead atoms. The number of H-pyrrole nitrogens is 1. The summed E-state index contributed by atoms with van der Waals surface area (Å²) in [5.74, 6) is 1.38. The predicted molar refractivity (Wildman–Crippen MR) is 108 cm³/mol. The van der Waals surface area contributed by atoms with Crippen LogP contribution in [-0.2, 0) is 13.0 Å². The van der Waals surface area contributed by atoms with E-state index >= 15 is 0 Å². The Morgan fingerprint density at radius 2 is 1.90 bits per heavy atom. The van der Waals surface area contributed by atoms with E-state index in [-0.39, 0.29) is 0 Å². The molecule has 4 aromatic rings. The first-order chi connectivity index (χ1) is 14.2.